The van der Waals surface area contributed by atoms with Crippen LogP contribution in [-0.2, 0) is 10.8 Å². The van der Waals surface area contributed by atoms with E-state index >= 15 is 0 Å². The van der Waals surface area contributed by atoms with Gasteiger partial charge < -0.3 is 15.1 Å². The Morgan fingerprint density at radius 3 is 2.39 bits per heavy atom. The van der Waals surface area contributed by atoms with E-state index in [-0.39, 0.29) is 11.3 Å². The number of nitrogens with zero attached hydrogens (tertiary/aromatic N) is 2. The number of carbonyl (C=O) groups excluding carboxylic acids is 1. The zero-order valence-corrected chi connectivity index (χ0v) is 11.7. The van der Waals surface area contributed by atoms with Crippen LogP contribution in [0.1, 0.15) is 12.8 Å². The molecule has 3 heterocycles. The highest BCUT2D eigenvalue weighted by Gasteiger charge is 2.48. The summed E-state index contributed by atoms with van der Waals surface area (Å²) >= 11 is 0. The van der Waals surface area contributed by atoms with Gasteiger partial charge in [-0.25, -0.2) is 4.79 Å². The molecule has 2 amide bonds. The summed E-state index contributed by atoms with van der Waals surface area (Å²) in [4.78, 5) is 15.9. The Labute approximate surface area is 110 Å². The maximum Gasteiger partial charge on any atom is 0.320 e. The van der Waals surface area contributed by atoms with Crippen molar-refractivity contribution in [3.8, 4) is 0 Å². The van der Waals surface area contributed by atoms with E-state index in [4.69, 9.17) is 0 Å². The van der Waals surface area contributed by atoms with Crippen molar-refractivity contribution in [2.45, 2.75) is 18.1 Å². The minimum absolute atomic E-state index is 0.154. The molecule has 0 aromatic rings. The minimum Gasteiger partial charge on any atom is -0.323 e. The lowest BCUT2D eigenvalue weighted by Crippen LogP contribution is -2.67. The number of hydrogen-bond acceptors (Lipinski definition) is 3. The Morgan fingerprint density at radius 1 is 1.22 bits per heavy atom. The molecule has 5 nitrogen and oxygen atoms in total. The highest BCUT2D eigenvalue weighted by atomic mass is 32.2. The van der Waals surface area contributed by atoms with Crippen LogP contribution < -0.4 is 5.32 Å². The first-order valence-corrected chi connectivity index (χ1v) is 8.29. The molecule has 1 spiro atoms. The summed E-state index contributed by atoms with van der Waals surface area (Å²) < 4.78 is 11.2. The molecule has 0 aliphatic carbocycles. The second-order valence-electron chi connectivity index (χ2n) is 5.91. The minimum atomic E-state index is -0.789. The maximum atomic E-state index is 12.1. The van der Waals surface area contributed by atoms with E-state index < -0.39 is 10.8 Å². The van der Waals surface area contributed by atoms with E-state index in [0.29, 0.717) is 18.5 Å². The highest BCUT2D eigenvalue weighted by molar-refractivity contribution is 7.85. The topological polar surface area (TPSA) is 52.7 Å². The van der Waals surface area contributed by atoms with Gasteiger partial charge in [0, 0.05) is 48.6 Å². The van der Waals surface area contributed by atoms with Gasteiger partial charge in [0.25, 0.3) is 0 Å². The Morgan fingerprint density at radius 2 is 1.83 bits per heavy atom. The molecule has 3 aliphatic rings. The summed E-state index contributed by atoms with van der Waals surface area (Å²) in [5.41, 5.74) is 0.402. The van der Waals surface area contributed by atoms with Gasteiger partial charge in [0.05, 0.1) is 5.25 Å². The number of hydrogen-bond donors (Lipinski definition) is 1. The van der Waals surface area contributed by atoms with Gasteiger partial charge >= 0.3 is 6.03 Å². The largest absolute Gasteiger partial charge is 0.323 e. The van der Waals surface area contributed by atoms with E-state index in [0.717, 1.165) is 26.2 Å². The molecule has 3 fully saturated rings. The summed E-state index contributed by atoms with van der Waals surface area (Å²) in [5.74, 6) is 0. The second-order valence-corrected chi connectivity index (χ2v) is 7.58. The Bertz CT molecular complexity index is 368. The van der Waals surface area contributed by atoms with Crippen LogP contribution in [0.4, 0.5) is 4.79 Å². The fraction of sp³-hybridized carbons (Fsp3) is 0.917. The van der Waals surface area contributed by atoms with Crippen LogP contribution in [0.25, 0.3) is 0 Å². The molecule has 1 atom stereocenters. The highest BCUT2D eigenvalue weighted by Crippen LogP contribution is 2.39. The van der Waals surface area contributed by atoms with Crippen molar-refractivity contribution in [1.29, 1.82) is 0 Å². The van der Waals surface area contributed by atoms with Crippen LogP contribution in [0.2, 0.25) is 0 Å². The Hall–Kier alpha value is -0.620. The Balaban J connectivity index is 1.47. The quantitative estimate of drug-likeness (QED) is 0.722. The molecule has 0 saturated carbocycles. The van der Waals surface area contributed by atoms with Gasteiger partial charge in [0.1, 0.15) is 0 Å². The monoisotopic (exact) mass is 271 g/mol. The van der Waals surface area contributed by atoms with Crippen LogP contribution in [0, 0.1) is 5.41 Å². The van der Waals surface area contributed by atoms with Gasteiger partial charge in [-0.3, -0.25) is 4.21 Å². The molecular weight excluding hydrogens is 250 g/mol. The molecule has 0 aromatic carbocycles. The van der Waals surface area contributed by atoms with Gasteiger partial charge in [-0.1, -0.05) is 0 Å². The third kappa shape index (κ3) is 2.05. The molecule has 6 heteroatoms. The second kappa shape index (κ2) is 4.49. The van der Waals surface area contributed by atoms with Crippen molar-refractivity contribution in [3.63, 3.8) is 0 Å². The lowest BCUT2D eigenvalue weighted by atomic mass is 9.72. The molecule has 0 bridgehead atoms. The standard InChI is InChI=1S/C12H21N3O2S/c1-18(17)10-6-14(7-10)11(16)15-8-12(9-15)2-4-13-5-3-12/h10,13H,2-9H2,1H3. The lowest BCUT2D eigenvalue weighted by Gasteiger charge is -2.54. The molecule has 3 aliphatic heterocycles. The zero-order chi connectivity index (χ0) is 12.8. The van der Waals surface area contributed by atoms with Gasteiger partial charge in [-0.15, -0.1) is 0 Å². The van der Waals surface area contributed by atoms with Crippen LogP contribution in [0.5, 0.6) is 0 Å². The average Bonchev–Trinajstić information content (AvgIpc) is 2.24. The molecule has 1 N–H and O–H groups in total. The van der Waals surface area contributed by atoms with Crippen LogP contribution in [0.3, 0.4) is 0 Å². The maximum absolute atomic E-state index is 12.1. The molecule has 102 valence electrons. The molecule has 1 unspecified atom stereocenters. The van der Waals surface area contributed by atoms with Gasteiger partial charge in [0.2, 0.25) is 0 Å². The fourth-order valence-electron chi connectivity index (χ4n) is 3.18. The van der Waals surface area contributed by atoms with E-state index in [1.807, 2.05) is 9.80 Å². The fourth-order valence-corrected chi connectivity index (χ4v) is 3.96. The van der Waals surface area contributed by atoms with Gasteiger partial charge in [-0.2, -0.15) is 0 Å². The average molecular weight is 271 g/mol. The lowest BCUT2D eigenvalue weighted by molar-refractivity contribution is -0.00995. The number of rotatable bonds is 1. The van der Waals surface area contributed by atoms with Crippen molar-refractivity contribution >= 4 is 16.8 Å². The van der Waals surface area contributed by atoms with E-state index in [9.17, 15) is 9.00 Å². The molecule has 3 rings (SSSR count). The third-order valence-electron chi connectivity index (χ3n) is 4.58. The summed E-state index contributed by atoms with van der Waals surface area (Å²) in [7, 11) is -0.789. The van der Waals surface area contributed by atoms with E-state index in [1.165, 1.54) is 12.8 Å². The first-order valence-electron chi connectivity index (χ1n) is 6.66. The van der Waals surface area contributed by atoms with Crippen molar-refractivity contribution < 1.29 is 9.00 Å². The first-order chi connectivity index (χ1) is 8.60. The van der Waals surface area contributed by atoms with Crippen molar-refractivity contribution in [2.75, 3.05) is 45.5 Å². The van der Waals surface area contributed by atoms with Gasteiger partial charge in [-0.05, 0) is 25.9 Å². The predicted molar refractivity (Wildman–Crippen MR) is 70.9 cm³/mol. The summed E-state index contributed by atoms with van der Waals surface area (Å²) in [5, 5.41) is 3.57. The molecular formula is C12H21N3O2S. The number of piperidine rings is 1. The number of urea groups is 1. The number of nitrogens with one attached hydrogen (secondary N) is 1. The number of amides is 2. The van der Waals surface area contributed by atoms with Gasteiger partial charge in [0.15, 0.2) is 0 Å². The summed E-state index contributed by atoms with van der Waals surface area (Å²) in [6.07, 6.45) is 4.11. The van der Waals surface area contributed by atoms with Crippen LogP contribution >= 0.6 is 0 Å². The van der Waals surface area contributed by atoms with E-state index in [1.54, 1.807) is 6.26 Å². The molecule has 0 aromatic heterocycles. The SMILES string of the molecule is CS(=O)C1CN(C(=O)N2CC3(CCNCC3)C2)C1. The normalized spacial score (nSPS) is 28.7. The Kier molecular flexibility index (Phi) is 3.10. The van der Waals surface area contributed by atoms with Crippen LogP contribution in [0.15, 0.2) is 0 Å². The predicted octanol–water partition coefficient (Wildman–Crippen LogP) is -0.145. The van der Waals surface area contributed by atoms with E-state index in [2.05, 4.69) is 5.32 Å². The summed E-state index contributed by atoms with van der Waals surface area (Å²) in [6.45, 7) is 5.36. The number of carbonyl (C=O) groups is 1. The smallest absolute Gasteiger partial charge is 0.320 e. The number of likely N-dealkylation sites (tertiary alicyclic amines) is 2. The zero-order valence-electron chi connectivity index (χ0n) is 10.9. The molecule has 3 saturated heterocycles. The van der Waals surface area contributed by atoms with Crippen molar-refractivity contribution in [1.82, 2.24) is 15.1 Å². The first kappa shape index (κ1) is 12.4. The molecule has 0 radical (unpaired) electrons. The molecule has 18 heavy (non-hydrogen) atoms. The summed E-state index contributed by atoms with van der Waals surface area (Å²) in [6, 6.07) is 0.154. The van der Waals surface area contributed by atoms with Crippen molar-refractivity contribution in [2.24, 2.45) is 5.41 Å². The van der Waals surface area contributed by atoms with Crippen molar-refractivity contribution in [3.05, 3.63) is 0 Å². The third-order valence-corrected chi connectivity index (χ3v) is 5.81. The van der Waals surface area contributed by atoms with Crippen LogP contribution in [-0.4, -0.2) is 70.8 Å².